The molecule has 0 saturated carbocycles. The highest BCUT2D eigenvalue weighted by Crippen LogP contribution is 2.37. The third kappa shape index (κ3) is 3.76. The van der Waals surface area contributed by atoms with E-state index in [-0.39, 0.29) is 0 Å². The molecule has 0 fully saturated rings. The van der Waals surface area contributed by atoms with Crippen LogP contribution in [0.2, 0.25) is 0 Å². The number of hydrogen-bond acceptors (Lipinski definition) is 2. The van der Waals surface area contributed by atoms with Crippen LogP contribution in [-0.2, 0) is 5.60 Å². The van der Waals surface area contributed by atoms with E-state index in [1.165, 1.54) is 18.2 Å². The lowest BCUT2D eigenvalue weighted by Crippen LogP contribution is -2.24. The summed E-state index contributed by atoms with van der Waals surface area (Å²) < 4.78 is 13.7. The molecule has 1 N–H and O–H groups in total. The average molecular weight is 395 g/mol. The van der Waals surface area contributed by atoms with Gasteiger partial charge in [-0.15, -0.1) is 0 Å². The van der Waals surface area contributed by atoms with E-state index in [2.05, 4.69) is 11.5 Å². The first-order chi connectivity index (χ1) is 14.6. The van der Waals surface area contributed by atoms with Gasteiger partial charge in [0.15, 0.2) is 0 Å². The molecule has 3 heteroatoms. The predicted octanol–water partition coefficient (Wildman–Crippen LogP) is 6.72. The van der Waals surface area contributed by atoms with Crippen LogP contribution in [0.1, 0.15) is 11.1 Å². The van der Waals surface area contributed by atoms with Gasteiger partial charge in [-0.25, -0.2) is 4.39 Å². The van der Waals surface area contributed by atoms with Crippen molar-refractivity contribution < 1.29 is 9.50 Å². The van der Waals surface area contributed by atoms with E-state index in [0.29, 0.717) is 11.1 Å². The zero-order valence-corrected chi connectivity index (χ0v) is 16.4. The largest absolute Gasteiger partial charge is 0.377 e. The molecule has 0 spiro atoms. The van der Waals surface area contributed by atoms with E-state index in [9.17, 15) is 9.50 Å². The van der Waals surface area contributed by atoms with E-state index < -0.39 is 11.4 Å². The fourth-order valence-corrected chi connectivity index (χ4v) is 3.59. The van der Waals surface area contributed by atoms with Crippen LogP contribution >= 0.6 is 0 Å². The van der Waals surface area contributed by atoms with Crippen molar-refractivity contribution in [3.63, 3.8) is 0 Å². The molecular weight excluding hydrogens is 373 g/mol. The average Bonchev–Trinajstić information content (AvgIpc) is 2.81. The van der Waals surface area contributed by atoms with Crippen molar-refractivity contribution >= 4 is 17.1 Å². The summed E-state index contributed by atoms with van der Waals surface area (Å²) in [6, 6.07) is 33.7. The number of anilines is 3. The van der Waals surface area contributed by atoms with Gasteiger partial charge in [0.1, 0.15) is 11.4 Å². The van der Waals surface area contributed by atoms with Crippen LogP contribution in [0, 0.1) is 5.82 Å². The van der Waals surface area contributed by atoms with Crippen LogP contribution in [0.4, 0.5) is 21.5 Å². The number of hydrogen-bond donors (Lipinski definition) is 1. The van der Waals surface area contributed by atoms with Crippen molar-refractivity contribution in [1.82, 2.24) is 0 Å². The van der Waals surface area contributed by atoms with Crippen molar-refractivity contribution in [2.24, 2.45) is 0 Å². The summed E-state index contributed by atoms with van der Waals surface area (Å²) in [4.78, 5) is 2.14. The highest BCUT2D eigenvalue weighted by molar-refractivity contribution is 5.76. The lowest BCUT2D eigenvalue weighted by atomic mass is 9.86. The molecule has 0 aromatic heterocycles. The van der Waals surface area contributed by atoms with Crippen molar-refractivity contribution in [3.05, 3.63) is 139 Å². The number of halogens is 1. The molecule has 0 radical (unpaired) electrons. The first-order valence-corrected chi connectivity index (χ1v) is 9.74. The van der Waals surface area contributed by atoms with Crippen LogP contribution in [0.5, 0.6) is 0 Å². The summed E-state index contributed by atoms with van der Waals surface area (Å²) in [7, 11) is 0. The van der Waals surface area contributed by atoms with Gasteiger partial charge in [0.05, 0.1) is 0 Å². The normalized spacial score (nSPS) is 12.7. The lowest BCUT2D eigenvalue weighted by molar-refractivity contribution is 0.134. The van der Waals surface area contributed by atoms with Crippen molar-refractivity contribution in [1.29, 1.82) is 0 Å². The predicted molar refractivity (Wildman–Crippen MR) is 121 cm³/mol. The van der Waals surface area contributed by atoms with Crippen molar-refractivity contribution in [3.8, 4) is 0 Å². The maximum Gasteiger partial charge on any atom is 0.133 e. The van der Waals surface area contributed by atoms with Gasteiger partial charge in [0.25, 0.3) is 0 Å². The maximum atomic E-state index is 13.7. The molecule has 30 heavy (non-hydrogen) atoms. The number of benzene rings is 4. The zero-order chi connectivity index (χ0) is 21.0. The molecule has 0 aliphatic rings. The summed E-state index contributed by atoms with van der Waals surface area (Å²) in [5.41, 5.74) is 2.58. The van der Waals surface area contributed by atoms with E-state index in [0.717, 1.165) is 17.1 Å². The minimum atomic E-state index is -1.48. The van der Waals surface area contributed by atoms with Crippen molar-refractivity contribution in [2.75, 3.05) is 4.90 Å². The quantitative estimate of drug-likeness (QED) is 0.366. The molecule has 0 bridgehead atoms. The van der Waals surface area contributed by atoms with E-state index >= 15 is 0 Å². The molecule has 0 heterocycles. The summed E-state index contributed by atoms with van der Waals surface area (Å²) in [5.74, 6) is -0.399. The highest BCUT2D eigenvalue weighted by Gasteiger charge is 2.28. The smallest absolute Gasteiger partial charge is 0.133 e. The van der Waals surface area contributed by atoms with Gasteiger partial charge in [0, 0.05) is 17.1 Å². The standard InChI is InChI=1S/C27H22FNO/c1-2-27(30,22-10-9-11-23(28)20-22)21-16-18-26(19-17-21)29(24-12-5-3-6-13-24)25-14-7-4-8-15-25/h2-20,30H,1H2. The van der Waals surface area contributed by atoms with Crippen molar-refractivity contribution in [2.45, 2.75) is 5.60 Å². The number of nitrogens with zero attached hydrogens (tertiary/aromatic N) is 1. The molecule has 0 amide bonds. The highest BCUT2D eigenvalue weighted by atomic mass is 19.1. The van der Waals surface area contributed by atoms with E-state index in [4.69, 9.17) is 0 Å². The number of rotatable bonds is 6. The maximum absolute atomic E-state index is 13.7. The van der Waals surface area contributed by atoms with Crippen LogP contribution in [0.15, 0.2) is 122 Å². The molecule has 1 atom stereocenters. The molecule has 1 unspecified atom stereocenters. The van der Waals surface area contributed by atoms with Crippen LogP contribution < -0.4 is 4.90 Å². The third-order valence-electron chi connectivity index (χ3n) is 5.15. The van der Waals surface area contributed by atoms with Gasteiger partial charge in [-0.1, -0.05) is 73.3 Å². The molecule has 0 aliphatic heterocycles. The molecule has 0 saturated heterocycles. The topological polar surface area (TPSA) is 23.5 Å². The first kappa shape index (κ1) is 19.6. The Kier molecular flexibility index (Phi) is 5.46. The molecule has 148 valence electrons. The minimum absolute atomic E-state index is 0.399. The summed E-state index contributed by atoms with van der Waals surface area (Å²) in [6.07, 6.45) is 1.43. The van der Waals surface area contributed by atoms with Gasteiger partial charge < -0.3 is 10.0 Å². The summed E-state index contributed by atoms with van der Waals surface area (Å²) >= 11 is 0. The molecule has 0 aliphatic carbocycles. The second-order valence-electron chi connectivity index (χ2n) is 7.03. The Morgan fingerprint density at radius 2 is 1.20 bits per heavy atom. The Labute approximate surface area is 176 Å². The molecule has 4 aromatic rings. The second kappa shape index (κ2) is 8.36. The van der Waals surface area contributed by atoms with Gasteiger partial charge in [0.2, 0.25) is 0 Å². The summed E-state index contributed by atoms with van der Waals surface area (Å²) in [5, 5.41) is 11.3. The number of aliphatic hydroxyl groups is 1. The van der Waals surface area contributed by atoms with Gasteiger partial charge in [-0.2, -0.15) is 0 Å². The van der Waals surface area contributed by atoms with E-state index in [1.54, 1.807) is 12.1 Å². The molecule has 4 aromatic carbocycles. The fraction of sp³-hybridized carbons (Fsp3) is 0.0370. The Morgan fingerprint density at radius 3 is 1.70 bits per heavy atom. The molecule has 2 nitrogen and oxygen atoms in total. The Morgan fingerprint density at radius 1 is 0.667 bits per heavy atom. The van der Waals surface area contributed by atoms with Gasteiger partial charge in [-0.05, 0) is 59.7 Å². The molecule has 4 rings (SSSR count). The van der Waals surface area contributed by atoms with Crippen LogP contribution in [0.25, 0.3) is 0 Å². The Bertz CT molecular complexity index is 1090. The van der Waals surface area contributed by atoms with Crippen LogP contribution in [0.3, 0.4) is 0 Å². The van der Waals surface area contributed by atoms with Gasteiger partial charge >= 0.3 is 0 Å². The SMILES string of the molecule is C=CC(O)(c1ccc(N(c2ccccc2)c2ccccc2)cc1)c1cccc(F)c1. The third-order valence-corrected chi connectivity index (χ3v) is 5.15. The fourth-order valence-electron chi connectivity index (χ4n) is 3.59. The van der Waals surface area contributed by atoms with Crippen LogP contribution in [-0.4, -0.2) is 5.11 Å². The first-order valence-electron chi connectivity index (χ1n) is 9.74. The monoisotopic (exact) mass is 395 g/mol. The zero-order valence-electron chi connectivity index (χ0n) is 16.4. The number of para-hydroxylation sites is 2. The second-order valence-corrected chi connectivity index (χ2v) is 7.03. The Hall–Kier alpha value is -3.69. The summed E-state index contributed by atoms with van der Waals surface area (Å²) in [6.45, 7) is 3.79. The van der Waals surface area contributed by atoms with Gasteiger partial charge in [-0.3, -0.25) is 0 Å². The minimum Gasteiger partial charge on any atom is -0.377 e. The Balaban J connectivity index is 1.76. The van der Waals surface area contributed by atoms with E-state index in [1.807, 2.05) is 84.9 Å². The lowest BCUT2D eigenvalue weighted by Gasteiger charge is -2.28. The molecular formula is C27H22FNO.